The monoisotopic (exact) mass is 291 g/mol. The van der Waals surface area contributed by atoms with Crippen molar-refractivity contribution in [3.05, 3.63) is 42.2 Å². The van der Waals surface area contributed by atoms with Crippen LogP contribution < -0.4 is 11.3 Å². The lowest BCUT2D eigenvalue weighted by atomic mass is 9.90. The number of nitrogens with zero attached hydrogens (tertiary/aromatic N) is 1. The maximum absolute atomic E-state index is 11.7. The van der Waals surface area contributed by atoms with E-state index in [1.54, 1.807) is 12.4 Å². The topological polar surface area (TPSA) is 85.1 Å². The Bertz CT molecular complexity index is 725. The number of hydrazine groups is 1. The summed E-state index contributed by atoms with van der Waals surface area (Å²) in [7, 11) is -2.92. The fourth-order valence-corrected chi connectivity index (χ4v) is 4.83. The van der Waals surface area contributed by atoms with E-state index in [0.29, 0.717) is 6.42 Å². The zero-order valence-electron chi connectivity index (χ0n) is 11.0. The molecule has 1 aliphatic rings. The molecule has 0 bridgehead atoms. The number of hydrogen-bond acceptors (Lipinski definition) is 5. The molecule has 3 rings (SSSR count). The van der Waals surface area contributed by atoms with Crippen molar-refractivity contribution in [3.63, 3.8) is 0 Å². The lowest BCUT2D eigenvalue weighted by Gasteiger charge is -2.23. The van der Waals surface area contributed by atoms with E-state index < -0.39 is 9.84 Å². The Morgan fingerprint density at radius 2 is 2.20 bits per heavy atom. The Morgan fingerprint density at radius 1 is 1.35 bits per heavy atom. The molecule has 0 spiro atoms. The van der Waals surface area contributed by atoms with Gasteiger partial charge in [0.25, 0.3) is 0 Å². The summed E-state index contributed by atoms with van der Waals surface area (Å²) in [4.78, 5) is 4.11. The maximum atomic E-state index is 11.7. The van der Waals surface area contributed by atoms with E-state index in [-0.39, 0.29) is 23.5 Å². The second kappa shape index (κ2) is 5.12. The number of aromatic nitrogens is 1. The van der Waals surface area contributed by atoms with Crippen molar-refractivity contribution in [3.8, 4) is 0 Å². The predicted octanol–water partition coefficient (Wildman–Crippen LogP) is 1.17. The molecule has 2 unspecified atom stereocenters. The van der Waals surface area contributed by atoms with Crippen LogP contribution in [0, 0.1) is 5.92 Å². The first-order valence-electron chi connectivity index (χ1n) is 6.60. The van der Waals surface area contributed by atoms with Crippen molar-refractivity contribution in [2.75, 3.05) is 11.5 Å². The maximum Gasteiger partial charge on any atom is 0.150 e. The standard InChI is InChI=1S/C14H17N3O2S/c15-17-14(11-5-7-20(18,19)9-11)13-3-1-2-10-8-16-6-4-12(10)13/h1-4,6,8,11,14,17H,5,7,9,15H2. The third-order valence-electron chi connectivity index (χ3n) is 3.97. The summed E-state index contributed by atoms with van der Waals surface area (Å²) in [5.74, 6) is 6.17. The average Bonchev–Trinajstić information content (AvgIpc) is 2.80. The molecule has 1 aromatic carbocycles. The molecule has 2 heterocycles. The zero-order valence-corrected chi connectivity index (χ0v) is 11.8. The number of fused-ring (bicyclic) bond motifs is 1. The van der Waals surface area contributed by atoms with Crippen LogP contribution in [-0.4, -0.2) is 24.9 Å². The first kappa shape index (κ1) is 13.5. The molecular weight excluding hydrogens is 274 g/mol. The van der Waals surface area contributed by atoms with Crippen LogP contribution >= 0.6 is 0 Å². The molecular formula is C14H17N3O2S. The SMILES string of the molecule is NNC(c1cccc2cnccc12)C1CCS(=O)(=O)C1. The summed E-state index contributed by atoms with van der Waals surface area (Å²) in [6, 6.07) is 7.73. The molecule has 3 N–H and O–H groups in total. The Balaban J connectivity index is 2.04. The lowest BCUT2D eigenvalue weighted by Crippen LogP contribution is -2.34. The van der Waals surface area contributed by atoms with Crippen molar-refractivity contribution in [1.29, 1.82) is 0 Å². The highest BCUT2D eigenvalue weighted by molar-refractivity contribution is 7.91. The second-order valence-electron chi connectivity index (χ2n) is 5.25. The van der Waals surface area contributed by atoms with Gasteiger partial charge in [0, 0.05) is 17.8 Å². The molecule has 1 aliphatic heterocycles. The van der Waals surface area contributed by atoms with E-state index in [1.807, 2.05) is 24.3 Å². The van der Waals surface area contributed by atoms with E-state index in [4.69, 9.17) is 5.84 Å². The first-order valence-corrected chi connectivity index (χ1v) is 8.42. The Labute approximate surface area is 118 Å². The largest absolute Gasteiger partial charge is 0.271 e. The summed E-state index contributed by atoms with van der Waals surface area (Å²) in [6.45, 7) is 0. The van der Waals surface area contributed by atoms with Gasteiger partial charge in [0.2, 0.25) is 0 Å². The van der Waals surface area contributed by atoms with Crippen molar-refractivity contribution in [2.24, 2.45) is 11.8 Å². The molecule has 0 saturated carbocycles. The molecule has 106 valence electrons. The number of hydrogen-bond donors (Lipinski definition) is 2. The summed E-state index contributed by atoms with van der Waals surface area (Å²) in [5.41, 5.74) is 3.84. The quantitative estimate of drug-likeness (QED) is 0.655. The fourth-order valence-electron chi connectivity index (χ4n) is 2.99. The van der Waals surface area contributed by atoms with Crippen LogP contribution in [-0.2, 0) is 9.84 Å². The Morgan fingerprint density at radius 3 is 2.90 bits per heavy atom. The van der Waals surface area contributed by atoms with Crippen molar-refractivity contribution in [1.82, 2.24) is 10.4 Å². The highest BCUT2D eigenvalue weighted by Crippen LogP contribution is 2.34. The van der Waals surface area contributed by atoms with Gasteiger partial charge < -0.3 is 0 Å². The summed E-state index contributed by atoms with van der Waals surface area (Å²) in [5, 5.41) is 2.10. The van der Waals surface area contributed by atoms with Crippen molar-refractivity contribution < 1.29 is 8.42 Å². The molecule has 0 aliphatic carbocycles. The average molecular weight is 291 g/mol. The normalized spacial score (nSPS) is 22.9. The van der Waals surface area contributed by atoms with Crippen LogP contribution in [0.15, 0.2) is 36.7 Å². The molecule has 2 atom stereocenters. The minimum absolute atomic E-state index is 0.0174. The zero-order chi connectivity index (χ0) is 14.2. The Hall–Kier alpha value is -1.50. The van der Waals surface area contributed by atoms with Crippen LogP contribution in [0.3, 0.4) is 0 Å². The summed E-state index contributed by atoms with van der Waals surface area (Å²) < 4.78 is 23.4. The van der Waals surface area contributed by atoms with Crippen LogP contribution in [0.2, 0.25) is 0 Å². The van der Waals surface area contributed by atoms with Gasteiger partial charge in [-0.2, -0.15) is 0 Å². The number of benzene rings is 1. The van der Waals surface area contributed by atoms with Gasteiger partial charge in [-0.15, -0.1) is 0 Å². The number of nitrogens with two attached hydrogens (primary N) is 1. The number of sulfone groups is 1. The van der Waals surface area contributed by atoms with Crippen molar-refractivity contribution in [2.45, 2.75) is 12.5 Å². The van der Waals surface area contributed by atoms with Crippen LogP contribution in [0.25, 0.3) is 10.8 Å². The predicted molar refractivity (Wildman–Crippen MR) is 78.6 cm³/mol. The molecule has 1 aromatic heterocycles. The Kier molecular flexibility index (Phi) is 3.45. The van der Waals surface area contributed by atoms with Gasteiger partial charge >= 0.3 is 0 Å². The third kappa shape index (κ3) is 2.42. The summed E-state index contributed by atoms with van der Waals surface area (Å²) in [6.07, 6.45) is 4.20. The molecule has 0 amide bonds. The molecule has 20 heavy (non-hydrogen) atoms. The number of rotatable bonds is 3. The highest BCUT2D eigenvalue weighted by atomic mass is 32.2. The van der Waals surface area contributed by atoms with Crippen LogP contribution in [0.5, 0.6) is 0 Å². The smallest absolute Gasteiger partial charge is 0.150 e. The van der Waals surface area contributed by atoms with Crippen LogP contribution in [0.1, 0.15) is 18.0 Å². The van der Waals surface area contributed by atoms with E-state index in [0.717, 1.165) is 16.3 Å². The van der Waals surface area contributed by atoms with E-state index >= 15 is 0 Å². The minimum atomic E-state index is -2.92. The molecule has 6 heteroatoms. The minimum Gasteiger partial charge on any atom is -0.271 e. The van der Waals surface area contributed by atoms with E-state index in [2.05, 4.69) is 10.4 Å². The molecule has 2 aromatic rings. The van der Waals surface area contributed by atoms with Gasteiger partial charge in [0.05, 0.1) is 17.5 Å². The fraction of sp³-hybridized carbons (Fsp3) is 0.357. The third-order valence-corrected chi connectivity index (χ3v) is 5.76. The van der Waals surface area contributed by atoms with E-state index in [1.165, 1.54) is 0 Å². The molecule has 1 fully saturated rings. The molecule has 0 radical (unpaired) electrons. The number of pyridine rings is 1. The van der Waals surface area contributed by atoms with Gasteiger partial charge in [-0.05, 0) is 29.4 Å². The summed E-state index contributed by atoms with van der Waals surface area (Å²) >= 11 is 0. The second-order valence-corrected chi connectivity index (χ2v) is 7.48. The van der Waals surface area contributed by atoms with Crippen LogP contribution in [0.4, 0.5) is 0 Å². The van der Waals surface area contributed by atoms with E-state index in [9.17, 15) is 8.42 Å². The molecule has 1 saturated heterocycles. The highest BCUT2D eigenvalue weighted by Gasteiger charge is 2.34. The van der Waals surface area contributed by atoms with Crippen molar-refractivity contribution >= 4 is 20.6 Å². The van der Waals surface area contributed by atoms with Gasteiger partial charge in [0.15, 0.2) is 9.84 Å². The van der Waals surface area contributed by atoms with Gasteiger partial charge in [-0.25, -0.2) is 8.42 Å². The first-order chi connectivity index (χ1) is 9.61. The van der Waals surface area contributed by atoms with Gasteiger partial charge in [-0.1, -0.05) is 18.2 Å². The van der Waals surface area contributed by atoms with Gasteiger partial charge in [-0.3, -0.25) is 16.3 Å². The van der Waals surface area contributed by atoms with Gasteiger partial charge in [0.1, 0.15) is 0 Å². The molecule has 5 nitrogen and oxygen atoms in total. The number of nitrogens with one attached hydrogen (secondary N) is 1. The lowest BCUT2D eigenvalue weighted by molar-refractivity contribution is 0.402.